The van der Waals surface area contributed by atoms with E-state index in [2.05, 4.69) is 4.90 Å². The first-order valence-corrected chi connectivity index (χ1v) is 10.8. The molecule has 1 aromatic carbocycles. The summed E-state index contributed by atoms with van der Waals surface area (Å²) in [7, 11) is 0. The lowest BCUT2D eigenvalue weighted by molar-refractivity contribution is -0.137. The van der Waals surface area contributed by atoms with Gasteiger partial charge in [-0.15, -0.1) is 11.3 Å². The number of nitrogen functional groups attached to an aromatic ring is 1. The monoisotopic (exact) mass is 461 g/mol. The largest absolute Gasteiger partial charge is 0.416 e. The number of primary amides is 1. The van der Waals surface area contributed by atoms with Gasteiger partial charge in [0.2, 0.25) is 0 Å². The van der Waals surface area contributed by atoms with Crippen LogP contribution in [0.15, 0.2) is 30.3 Å². The van der Waals surface area contributed by atoms with Crippen molar-refractivity contribution in [3.8, 4) is 0 Å². The number of hydrogen-bond acceptors (Lipinski definition) is 6. The zero-order valence-electron chi connectivity index (χ0n) is 17.0. The molecular weight excluding hydrogens is 439 g/mol. The molecule has 10 heteroatoms. The first-order valence-electron chi connectivity index (χ1n) is 10.0. The van der Waals surface area contributed by atoms with Crippen LogP contribution in [-0.4, -0.2) is 30.0 Å². The molecule has 0 bridgehead atoms. The van der Waals surface area contributed by atoms with E-state index in [0.717, 1.165) is 55.2 Å². The molecule has 0 radical (unpaired) electrons. The second kappa shape index (κ2) is 8.44. The van der Waals surface area contributed by atoms with Crippen LogP contribution < -0.4 is 22.1 Å². The predicted octanol–water partition coefficient (Wildman–Crippen LogP) is 4.09. The number of hydrogen-bond donors (Lipinski definition) is 3. The second-order valence-electron chi connectivity index (χ2n) is 7.74. The van der Waals surface area contributed by atoms with Crippen LogP contribution in [0.2, 0.25) is 0 Å². The van der Waals surface area contributed by atoms with E-state index in [-0.39, 0.29) is 16.6 Å². The van der Waals surface area contributed by atoms with Crippen LogP contribution in [-0.2, 0) is 6.18 Å². The molecule has 0 aliphatic carbocycles. The van der Waals surface area contributed by atoms with Crippen molar-refractivity contribution in [1.29, 1.82) is 0 Å². The van der Waals surface area contributed by atoms with Gasteiger partial charge in [0, 0.05) is 24.5 Å². The molecule has 3 heterocycles. The fraction of sp³-hybridized carbons (Fsp3) is 0.273. The number of rotatable bonds is 4. The number of halogens is 3. The Morgan fingerprint density at radius 2 is 1.81 bits per heavy atom. The minimum Gasteiger partial charge on any atom is -0.397 e. The molecular formula is C22H22F3N5OS. The zero-order valence-corrected chi connectivity index (χ0v) is 17.8. The molecule has 1 saturated heterocycles. The smallest absolute Gasteiger partial charge is 0.397 e. The van der Waals surface area contributed by atoms with E-state index in [0.29, 0.717) is 21.3 Å². The van der Waals surface area contributed by atoms with Gasteiger partial charge in [-0.2, -0.15) is 13.2 Å². The van der Waals surface area contributed by atoms with Gasteiger partial charge in [-0.1, -0.05) is 24.3 Å². The lowest BCUT2D eigenvalue weighted by Gasteiger charge is -2.31. The number of carbonyl (C=O) groups is 1. The molecule has 6 N–H and O–H groups in total. The standard InChI is InChI=1S/C22H22F3N5OS/c23-22(24,25)14-5-2-12(3-6-14)1-4-13-11-16(30-9-7-15(26)8-10-30)29-21-17(13)18(27)19(32-21)20(28)31/h1-6,11,15H,7-10,26-27H2,(H2,28,31)/b4-1+. The van der Waals surface area contributed by atoms with Gasteiger partial charge in [0.25, 0.3) is 5.91 Å². The van der Waals surface area contributed by atoms with Gasteiger partial charge < -0.3 is 22.1 Å². The third-order valence-corrected chi connectivity index (χ3v) is 6.61. The van der Waals surface area contributed by atoms with Crippen molar-refractivity contribution in [2.24, 2.45) is 11.5 Å². The van der Waals surface area contributed by atoms with Crippen molar-refractivity contribution in [3.63, 3.8) is 0 Å². The van der Waals surface area contributed by atoms with Gasteiger partial charge in [-0.05, 0) is 42.2 Å². The number of alkyl halides is 3. The molecule has 4 rings (SSSR count). The van der Waals surface area contributed by atoms with Crippen molar-refractivity contribution in [1.82, 2.24) is 4.98 Å². The first kappa shape index (κ1) is 22.1. The van der Waals surface area contributed by atoms with Crippen LogP contribution >= 0.6 is 11.3 Å². The molecule has 32 heavy (non-hydrogen) atoms. The van der Waals surface area contributed by atoms with Crippen molar-refractivity contribution in [2.75, 3.05) is 23.7 Å². The highest BCUT2D eigenvalue weighted by atomic mass is 32.1. The first-order chi connectivity index (χ1) is 15.1. The maximum absolute atomic E-state index is 12.8. The minimum absolute atomic E-state index is 0.160. The third-order valence-electron chi connectivity index (χ3n) is 5.50. The fourth-order valence-corrected chi connectivity index (χ4v) is 4.69. The van der Waals surface area contributed by atoms with Crippen molar-refractivity contribution in [2.45, 2.75) is 25.1 Å². The summed E-state index contributed by atoms with van der Waals surface area (Å²) in [5, 5.41) is 0.601. The van der Waals surface area contributed by atoms with E-state index in [1.54, 1.807) is 12.2 Å². The molecule has 1 aliphatic rings. The Kier molecular flexibility index (Phi) is 5.83. The number of nitrogens with zero attached hydrogens (tertiary/aromatic N) is 2. The van der Waals surface area contributed by atoms with E-state index in [1.807, 2.05) is 6.07 Å². The van der Waals surface area contributed by atoms with Crippen LogP contribution in [0.5, 0.6) is 0 Å². The SMILES string of the molecule is NC(=O)c1sc2nc(N3CCC(N)CC3)cc(/C=C/c3ccc(C(F)(F)F)cc3)c2c1N. The molecule has 0 unspecified atom stereocenters. The van der Waals surface area contributed by atoms with E-state index in [9.17, 15) is 18.0 Å². The third kappa shape index (κ3) is 4.42. The Balaban J connectivity index is 1.75. The number of fused-ring (bicyclic) bond motifs is 1. The Bertz CT molecular complexity index is 1180. The maximum Gasteiger partial charge on any atom is 0.416 e. The summed E-state index contributed by atoms with van der Waals surface area (Å²) in [4.78, 5) is 19.4. The Hall–Kier alpha value is -3.11. The number of amides is 1. The molecule has 0 atom stereocenters. The summed E-state index contributed by atoms with van der Waals surface area (Å²) in [6, 6.07) is 6.90. The van der Waals surface area contributed by atoms with Gasteiger partial charge in [0.15, 0.2) is 0 Å². The number of aromatic nitrogens is 1. The average Bonchev–Trinajstić information content (AvgIpc) is 3.09. The van der Waals surface area contributed by atoms with Crippen molar-refractivity contribution >= 4 is 51.1 Å². The Labute approximate surface area is 186 Å². The molecule has 2 aromatic heterocycles. The predicted molar refractivity (Wildman–Crippen MR) is 122 cm³/mol. The summed E-state index contributed by atoms with van der Waals surface area (Å²) in [5.41, 5.74) is 18.5. The van der Waals surface area contributed by atoms with E-state index >= 15 is 0 Å². The topological polar surface area (TPSA) is 111 Å². The highest BCUT2D eigenvalue weighted by Gasteiger charge is 2.29. The van der Waals surface area contributed by atoms with E-state index in [1.165, 1.54) is 12.1 Å². The van der Waals surface area contributed by atoms with Crippen molar-refractivity contribution in [3.05, 3.63) is 51.9 Å². The van der Waals surface area contributed by atoms with Gasteiger partial charge in [0.1, 0.15) is 15.5 Å². The Morgan fingerprint density at radius 1 is 1.16 bits per heavy atom. The fourth-order valence-electron chi connectivity index (χ4n) is 3.71. The van der Waals surface area contributed by atoms with Gasteiger partial charge in [-0.25, -0.2) is 4.98 Å². The van der Waals surface area contributed by atoms with Crippen LogP contribution in [0, 0.1) is 0 Å². The normalized spacial score (nSPS) is 15.7. The zero-order chi connectivity index (χ0) is 23.0. The molecule has 1 fully saturated rings. The van der Waals surface area contributed by atoms with Crippen LogP contribution in [0.3, 0.4) is 0 Å². The number of thiophene rings is 1. The molecule has 1 aliphatic heterocycles. The van der Waals surface area contributed by atoms with Crippen LogP contribution in [0.25, 0.3) is 22.4 Å². The quantitative estimate of drug-likeness (QED) is 0.542. The molecule has 168 valence electrons. The minimum atomic E-state index is -4.39. The second-order valence-corrected chi connectivity index (χ2v) is 8.74. The summed E-state index contributed by atoms with van der Waals surface area (Å²) in [6.07, 6.45) is 0.762. The number of benzene rings is 1. The molecule has 0 spiro atoms. The van der Waals surface area contributed by atoms with Crippen molar-refractivity contribution < 1.29 is 18.0 Å². The van der Waals surface area contributed by atoms with Gasteiger partial charge in [0.05, 0.1) is 11.3 Å². The average molecular weight is 462 g/mol. The number of carbonyl (C=O) groups excluding carboxylic acids is 1. The molecule has 0 saturated carbocycles. The van der Waals surface area contributed by atoms with Crippen LogP contribution in [0.4, 0.5) is 24.7 Å². The van der Waals surface area contributed by atoms with E-state index in [4.69, 9.17) is 22.2 Å². The van der Waals surface area contributed by atoms with Crippen LogP contribution in [0.1, 0.15) is 39.2 Å². The lowest BCUT2D eigenvalue weighted by atomic mass is 10.0. The maximum atomic E-state index is 12.8. The number of piperidine rings is 1. The number of pyridine rings is 1. The molecule has 1 amide bonds. The number of anilines is 2. The summed E-state index contributed by atoms with van der Waals surface area (Å²) >= 11 is 1.13. The molecule has 6 nitrogen and oxygen atoms in total. The summed E-state index contributed by atoms with van der Waals surface area (Å²) < 4.78 is 38.4. The van der Waals surface area contributed by atoms with Gasteiger partial charge >= 0.3 is 6.18 Å². The summed E-state index contributed by atoms with van der Waals surface area (Å²) in [6.45, 7) is 1.51. The highest BCUT2D eigenvalue weighted by molar-refractivity contribution is 7.21. The Morgan fingerprint density at radius 3 is 2.41 bits per heavy atom. The summed E-state index contributed by atoms with van der Waals surface area (Å²) in [5.74, 6) is 0.0994. The van der Waals surface area contributed by atoms with Gasteiger partial charge in [-0.3, -0.25) is 4.79 Å². The lowest BCUT2D eigenvalue weighted by Crippen LogP contribution is -2.40. The van der Waals surface area contributed by atoms with E-state index < -0.39 is 17.6 Å². The highest BCUT2D eigenvalue weighted by Crippen LogP contribution is 2.38. The molecule has 3 aromatic rings. The number of nitrogens with two attached hydrogens (primary N) is 3.